The van der Waals surface area contributed by atoms with E-state index in [9.17, 15) is 13.2 Å². The van der Waals surface area contributed by atoms with Gasteiger partial charge in [-0.2, -0.15) is 13.2 Å². The summed E-state index contributed by atoms with van der Waals surface area (Å²) in [6.07, 6.45) is -3.95. The first-order valence-corrected chi connectivity index (χ1v) is 7.13. The lowest BCUT2D eigenvalue weighted by atomic mass is 10.1. The smallest absolute Gasteiger partial charge is 0.433 e. The Morgan fingerprint density at radius 2 is 2.10 bits per heavy atom. The van der Waals surface area contributed by atoms with Crippen LogP contribution in [0.3, 0.4) is 0 Å². The Labute approximate surface area is 124 Å². The number of methoxy groups -OCH3 is 1. The number of rotatable bonds is 3. The van der Waals surface area contributed by atoms with Crippen molar-refractivity contribution in [2.75, 3.05) is 7.11 Å². The number of thioether (sulfide) groups is 1. The Kier molecular flexibility index (Phi) is 4.14. The molecule has 0 fully saturated rings. The Balaban J connectivity index is 2.23. The highest BCUT2D eigenvalue weighted by Gasteiger charge is 2.40. The minimum Gasteiger partial charge on any atom is -0.480 e. The summed E-state index contributed by atoms with van der Waals surface area (Å²) in [5.74, 6) is -0.0545. The Bertz CT molecular complexity index is 554. The van der Waals surface area contributed by atoms with Gasteiger partial charge in [-0.05, 0) is 20.8 Å². The molecule has 1 atom stereocenters. The number of nitrogens with one attached hydrogen (secondary N) is 1. The molecular weight excluding hydrogens is 307 g/mol. The van der Waals surface area contributed by atoms with Crippen LogP contribution in [-0.2, 0) is 11.0 Å². The fourth-order valence-electron chi connectivity index (χ4n) is 2.01. The lowest BCUT2D eigenvalue weighted by Gasteiger charge is -2.15. The minimum absolute atomic E-state index is 0.0117. The van der Waals surface area contributed by atoms with E-state index in [1.165, 1.54) is 18.9 Å². The third-order valence-electron chi connectivity index (χ3n) is 2.94. The molecule has 21 heavy (non-hydrogen) atoms. The maximum Gasteiger partial charge on any atom is 0.433 e. The lowest BCUT2D eigenvalue weighted by molar-refractivity contribution is -0.141. The second-order valence-electron chi connectivity index (χ2n) is 5.29. The average molecular weight is 323 g/mol. The predicted molar refractivity (Wildman–Crippen MR) is 73.4 cm³/mol. The monoisotopic (exact) mass is 323 g/mol. The van der Waals surface area contributed by atoms with Gasteiger partial charge in [-0.25, -0.2) is 0 Å². The molecule has 0 radical (unpaired) electrons. The van der Waals surface area contributed by atoms with Crippen LogP contribution >= 0.6 is 11.8 Å². The van der Waals surface area contributed by atoms with E-state index in [0.717, 1.165) is 0 Å². The van der Waals surface area contributed by atoms with Crippen LogP contribution in [0.4, 0.5) is 13.2 Å². The number of alkyl halides is 3. The zero-order chi connectivity index (χ0) is 15.8. The van der Waals surface area contributed by atoms with Crippen molar-refractivity contribution in [3.8, 4) is 5.88 Å². The van der Waals surface area contributed by atoms with Crippen molar-refractivity contribution in [2.24, 2.45) is 5.16 Å². The first-order valence-electron chi connectivity index (χ1n) is 6.25. The van der Waals surface area contributed by atoms with Gasteiger partial charge in [0.05, 0.1) is 12.7 Å². The second kappa shape index (κ2) is 5.43. The van der Waals surface area contributed by atoms with E-state index in [4.69, 9.17) is 9.57 Å². The summed E-state index contributed by atoms with van der Waals surface area (Å²) in [5.41, 5.74) is -1.32. The molecule has 1 aliphatic heterocycles. The van der Waals surface area contributed by atoms with Gasteiger partial charge in [-0.15, -0.1) is 5.10 Å². The lowest BCUT2D eigenvalue weighted by Crippen LogP contribution is -2.18. The summed E-state index contributed by atoms with van der Waals surface area (Å²) in [6.45, 7) is 5.39. The van der Waals surface area contributed by atoms with Crippen LogP contribution in [0, 0.1) is 0 Å². The summed E-state index contributed by atoms with van der Waals surface area (Å²) >= 11 is 1.21. The molecule has 0 aliphatic carbocycles. The molecule has 2 rings (SSSR count). The first kappa shape index (κ1) is 16.0. The average Bonchev–Trinajstić information content (AvgIpc) is 2.91. The molecule has 1 aliphatic rings. The molecule has 1 aromatic heterocycles. The fourth-order valence-corrected chi connectivity index (χ4v) is 3.27. The number of H-pyrrole nitrogens is 1. The molecule has 5 nitrogen and oxygen atoms in total. The standard InChI is InChI=1S/C12H16F3N3O2S/c1-6(21-7-5-11(2,3)20-18-7)8-9(12(13,14)15)16-17-10(8)19-4/h6H,5H2,1-4H3,(H,16,17). The molecule has 118 valence electrons. The fraction of sp³-hybridized carbons (Fsp3) is 0.667. The van der Waals surface area contributed by atoms with E-state index >= 15 is 0 Å². The van der Waals surface area contributed by atoms with Gasteiger partial charge in [0.25, 0.3) is 0 Å². The van der Waals surface area contributed by atoms with Crippen LogP contribution in [0.1, 0.15) is 43.7 Å². The maximum atomic E-state index is 13.0. The van der Waals surface area contributed by atoms with Crippen LogP contribution in [0.2, 0.25) is 0 Å². The van der Waals surface area contributed by atoms with Crippen molar-refractivity contribution in [3.63, 3.8) is 0 Å². The van der Waals surface area contributed by atoms with Gasteiger partial charge < -0.3 is 9.57 Å². The number of aromatic nitrogens is 2. The van der Waals surface area contributed by atoms with Crippen LogP contribution in [0.15, 0.2) is 5.16 Å². The SMILES string of the molecule is COc1n[nH]c(C(F)(F)F)c1C(C)SC1=NOC(C)(C)C1. The third kappa shape index (κ3) is 3.45. The van der Waals surface area contributed by atoms with Crippen LogP contribution in [-0.4, -0.2) is 28.0 Å². The third-order valence-corrected chi connectivity index (χ3v) is 4.02. The molecule has 9 heteroatoms. The first-order chi connectivity index (χ1) is 9.64. The zero-order valence-corrected chi connectivity index (χ0v) is 12.9. The van der Waals surface area contributed by atoms with Crippen molar-refractivity contribution >= 4 is 16.8 Å². The van der Waals surface area contributed by atoms with Crippen molar-refractivity contribution in [1.29, 1.82) is 0 Å². The van der Waals surface area contributed by atoms with Crippen LogP contribution in [0.5, 0.6) is 5.88 Å². The highest BCUT2D eigenvalue weighted by atomic mass is 32.2. The minimum atomic E-state index is -4.51. The highest BCUT2D eigenvalue weighted by molar-refractivity contribution is 8.14. The molecule has 1 unspecified atom stereocenters. The topological polar surface area (TPSA) is 59.5 Å². The number of hydrogen-bond acceptors (Lipinski definition) is 5. The van der Waals surface area contributed by atoms with Crippen molar-refractivity contribution < 1.29 is 22.7 Å². The molecule has 0 amide bonds. The molecule has 0 saturated carbocycles. The Morgan fingerprint density at radius 1 is 1.43 bits per heavy atom. The summed E-state index contributed by atoms with van der Waals surface area (Å²) in [6, 6.07) is 0. The maximum absolute atomic E-state index is 13.0. The molecule has 0 bridgehead atoms. The number of aromatic amines is 1. The molecule has 1 N–H and O–H groups in total. The summed E-state index contributed by atoms with van der Waals surface area (Å²) in [5, 5.41) is 9.62. The second-order valence-corrected chi connectivity index (χ2v) is 6.71. The van der Waals surface area contributed by atoms with Crippen LogP contribution in [0.25, 0.3) is 0 Å². The molecule has 0 spiro atoms. The number of nitrogens with zero attached hydrogens (tertiary/aromatic N) is 2. The van der Waals surface area contributed by atoms with Crippen molar-refractivity contribution in [1.82, 2.24) is 10.2 Å². The molecular formula is C12H16F3N3O2S. The molecule has 0 aromatic carbocycles. The van der Waals surface area contributed by atoms with Gasteiger partial charge in [0.15, 0.2) is 0 Å². The molecule has 1 aromatic rings. The number of ether oxygens (including phenoxy) is 1. The van der Waals surface area contributed by atoms with E-state index < -0.39 is 22.7 Å². The van der Waals surface area contributed by atoms with Crippen molar-refractivity contribution in [3.05, 3.63) is 11.3 Å². The predicted octanol–water partition coefficient (Wildman–Crippen LogP) is 3.74. The van der Waals surface area contributed by atoms with Gasteiger partial charge in [0.2, 0.25) is 5.88 Å². The Morgan fingerprint density at radius 3 is 2.57 bits per heavy atom. The molecule has 0 saturated heterocycles. The van der Waals surface area contributed by atoms with Crippen molar-refractivity contribution in [2.45, 2.75) is 44.2 Å². The summed E-state index contributed by atoms with van der Waals surface area (Å²) in [7, 11) is 1.29. The van der Waals surface area contributed by atoms with E-state index in [1.807, 2.05) is 18.9 Å². The van der Waals surface area contributed by atoms with Gasteiger partial charge >= 0.3 is 6.18 Å². The quantitative estimate of drug-likeness (QED) is 0.920. The molecule has 2 heterocycles. The van der Waals surface area contributed by atoms with E-state index in [2.05, 4.69) is 10.3 Å². The van der Waals surface area contributed by atoms with E-state index in [-0.39, 0.29) is 11.4 Å². The van der Waals surface area contributed by atoms with E-state index in [0.29, 0.717) is 11.5 Å². The van der Waals surface area contributed by atoms with Crippen LogP contribution < -0.4 is 4.74 Å². The van der Waals surface area contributed by atoms with Gasteiger partial charge in [-0.3, -0.25) is 5.10 Å². The summed E-state index contributed by atoms with van der Waals surface area (Å²) in [4.78, 5) is 5.22. The normalized spacial score (nSPS) is 19.1. The highest BCUT2D eigenvalue weighted by Crippen LogP contribution is 2.44. The van der Waals surface area contributed by atoms with Gasteiger partial charge in [-0.1, -0.05) is 16.9 Å². The number of halogens is 3. The summed E-state index contributed by atoms with van der Waals surface area (Å²) < 4.78 is 43.9. The van der Waals surface area contributed by atoms with Gasteiger partial charge in [0.1, 0.15) is 16.3 Å². The Hall–Kier alpha value is -1.38. The number of hydrogen-bond donors (Lipinski definition) is 1. The zero-order valence-electron chi connectivity index (χ0n) is 12.0. The van der Waals surface area contributed by atoms with E-state index in [1.54, 1.807) is 6.92 Å². The number of oxime groups is 1. The van der Waals surface area contributed by atoms with Gasteiger partial charge in [0, 0.05) is 11.7 Å². The largest absolute Gasteiger partial charge is 0.480 e.